The Kier molecular flexibility index (Phi) is 7.08. The molecule has 3 aromatic carbocycles. The number of aliphatic hydroxyl groups is 1. The summed E-state index contributed by atoms with van der Waals surface area (Å²) in [6.45, 7) is 2.83. The highest BCUT2D eigenvalue weighted by Crippen LogP contribution is 2.28. The minimum atomic E-state index is -1.16. The Labute approximate surface area is 225 Å². The Morgan fingerprint density at radius 1 is 0.795 bits per heavy atom. The van der Waals surface area contributed by atoms with E-state index in [9.17, 15) is 29.1 Å². The molecule has 5 rings (SSSR count). The Balaban J connectivity index is 1.24. The van der Waals surface area contributed by atoms with E-state index in [4.69, 9.17) is 0 Å². The van der Waals surface area contributed by atoms with Gasteiger partial charge in [-0.25, -0.2) is 0 Å². The number of aliphatic hydroxyl groups excluding tert-OH is 1. The molecule has 1 fully saturated rings. The van der Waals surface area contributed by atoms with Gasteiger partial charge in [-0.05, 0) is 49.4 Å². The number of piperazine rings is 1. The molecule has 1 atom stereocenters. The van der Waals surface area contributed by atoms with Crippen molar-refractivity contribution in [1.29, 1.82) is 0 Å². The lowest BCUT2D eigenvalue weighted by atomic mass is 9.83. The molecule has 3 aromatic rings. The third-order valence-corrected chi connectivity index (χ3v) is 7.20. The fourth-order valence-corrected chi connectivity index (χ4v) is 4.98. The van der Waals surface area contributed by atoms with Crippen LogP contribution < -0.4 is 10.2 Å². The molecule has 2 N–H and O–H groups in total. The minimum Gasteiger partial charge on any atom is -0.394 e. The van der Waals surface area contributed by atoms with Gasteiger partial charge in [-0.15, -0.1) is 0 Å². The number of hydrogen-bond acceptors (Lipinski definition) is 7. The third-order valence-electron chi connectivity index (χ3n) is 7.20. The molecule has 0 spiro atoms. The number of carbonyl (C=O) groups excluding carboxylic acids is 5. The van der Waals surface area contributed by atoms with Crippen molar-refractivity contribution in [2.75, 3.05) is 37.7 Å². The van der Waals surface area contributed by atoms with Crippen molar-refractivity contribution in [3.63, 3.8) is 0 Å². The molecule has 0 radical (unpaired) electrons. The summed E-state index contributed by atoms with van der Waals surface area (Å²) in [5.74, 6) is -1.68. The molecule has 2 amide bonds. The summed E-state index contributed by atoms with van der Waals surface area (Å²) in [4.78, 5) is 67.2. The highest BCUT2D eigenvalue weighted by atomic mass is 16.3. The lowest BCUT2D eigenvalue weighted by Crippen LogP contribution is -2.56. The van der Waals surface area contributed by atoms with Gasteiger partial charge in [-0.1, -0.05) is 24.3 Å². The third kappa shape index (κ3) is 4.96. The zero-order valence-corrected chi connectivity index (χ0v) is 21.3. The maximum Gasteiger partial charge on any atom is 0.252 e. The molecule has 2 aliphatic rings. The van der Waals surface area contributed by atoms with Crippen LogP contribution in [0.25, 0.3) is 0 Å². The van der Waals surface area contributed by atoms with E-state index in [2.05, 4.69) is 10.2 Å². The zero-order valence-electron chi connectivity index (χ0n) is 21.3. The molecule has 1 aliphatic carbocycles. The van der Waals surface area contributed by atoms with Gasteiger partial charge in [0.1, 0.15) is 6.04 Å². The van der Waals surface area contributed by atoms with Crippen LogP contribution in [0, 0.1) is 0 Å². The van der Waals surface area contributed by atoms with Crippen LogP contribution in [-0.4, -0.2) is 78.0 Å². The van der Waals surface area contributed by atoms with Gasteiger partial charge in [0, 0.05) is 65.2 Å². The van der Waals surface area contributed by atoms with Crippen LogP contribution in [0.5, 0.6) is 0 Å². The van der Waals surface area contributed by atoms with Gasteiger partial charge in [-0.3, -0.25) is 24.0 Å². The minimum absolute atomic E-state index is 0.00475. The highest BCUT2D eigenvalue weighted by molar-refractivity contribution is 6.28. The van der Waals surface area contributed by atoms with Crippen LogP contribution in [0.3, 0.4) is 0 Å². The van der Waals surface area contributed by atoms with Gasteiger partial charge in [-0.2, -0.15) is 0 Å². The molecule has 1 saturated heterocycles. The van der Waals surface area contributed by atoms with E-state index in [1.165, 1.54) is 25.1 Å². The van der Waals surface area contributed by atoms with E-state index < -0.39 is 24.5 Å². The molecule has 0 bridgehead atoms. The summed E-state index contributed by atoms with van der Waals surface area (Å²) < 4.78 is 0. The number of nitrogens with one attached hydrogen (secondary N) is 1. The van der Waals surface area contributed by atoms with Crippen LogP contribution in [0.1, 0.15) is 59.5 Å². The Morgan fingerprint density at radius 3 is 1.95 bits per heavy atom. The summed E-state index contributed by atoms with van der Waals surface area (Å²) in [6.07, 6.45) is 0. The number of benzene rings is 3. The van der Waals surface area contributed by atoms with Crippen LogP contribution in [0.4, 0.5) is 5.69 Å². The van der Waals surface area contributed by atoms with Crippen molar-refractivity contribution < 1.29 is 29.1 Å². The van der Waals surface area contributed by atoms with E-state index in [0.29, 0.717) is 37.3 Å². The molecule has 1 heterocycles. The topological polar surface area (TPSA) is 124 Å². The predicted octanol–water partition coefficient (Wildman–Crippen LogP) is 2.10. The molecule has 9 heteroatoms. The highest BCUT2D eigenvalue weighted by Gasteiger charge is 2.32. The van der Waals surface area contributed by atoms with E-state index in [0.717, 1.165) is 5.69 Å². The second-order valence-corrected chi connectivity index (χ2v) is 9.59. The van der Waals surface area contributed by atoms with Crippen molar-refractivity contribution >= 4 is 34.9 Å². The van der Waals surface area contributed by atoms with E-state index in [1.54, 1.807) is 41.3 Å². The molecule has 1 aliphatic heterocycles. The Bertz CT molecular complexity index is 1490. The first-order valence-electron chi connectivity index (χ1n) is 12.7. The maximum absolute atomic E-state index is 13.1. The summed E-state index contributed by atoms with van der Waals surface area (Å²) in [7, 11) is 0. The van der Waals surface area contributed by atoms with Gasteiger partial charge < -0.3 is 20.2 Å². The normalized spacial score (nSPS) is 15.3. The molecule has 0 aromatic heterocycles. The number of ketones is 3. The first-order chi connectivity index (χ1) is 18.8. The molecule has 39 heavy (non-hydrogen) atoms. The standard InChI is InChI=1S/C30H27N3O6/c1-18(35)19-6-9-21(10-7-19)32-12-14-33(15-13-32)30(39)26(17-34)31-29(38)20-8-11-24-25(16-20)28(37)23-5-3-2-4-22(23)27(24)36/h2-11,16,26,34H,12-15,17H2,1H3,(H,31,38). The summed E-state index contributed by atoms with van der Waals surface area (Å²) in [5, 5.41) is 12.5. The SMILES string of the molecule is CC(=O)c1ccc(N2CCN(C(=O)C(CO)NC(=O)c3ccc4c(c3)C(=O)c3ccccc3C4=O)CC2)cc1. The molecule has 9 nitrogen and oxygen atoms in total. The Hall–Kier alpha value is -4.63. The van der Waals surface area contributed by atoms with Crippen molar-refractivity contribution in [2.24, 2.45) is 0 Å². The second-order valence-electron chi connectivity index (χ2n) is 9.59. The van der Waals surface area contributed by atoms with Crippen molar-refractivity contribution in [3.8, 4) is 0 Å². The van der Waals surface area contributed by atoms with E-state index in [-0.39, 0.29) is 39.6 Å². The van der Waals surface area contributed by atoms with Crippen molar-refractivity contribution in [1.82, 2.24) is 10.2 Å². The van der Waals surface area contributed by atoms with Crippen LogP contribution in [-0.2, 0) is 4.79 Å². The molecule has 198 valence electrons. The summed E-state index contributed by atoms with van der Waals surface area (Å²) >= 11 is 0. The smallest absolute Gasteiger partial charge is 0.252 e. The second kappa shape index (κ2) is 10.6. The average molecular weight is 526 g/mol. The van der Waals surface area contributed by atoms with E-state index >= 15 is 0 Å². The average Bonchev–Trinajstić information content (AvgIpc) is 2.98. The first-order valence-corrected chi connectivity index (χ1v) is 12.7. The molecule has 1 unspecified atom stereocenters. The molecule has 0 saturated carbocycles. The fraction of sp³-hybridized carbons (Fsp3) is 0.233. The predicted molar refractivity (Wildman–Crippen MR) is 143 cm³/mol. The maximum atomic E-state index is 13.1. The van der Waals surface area contributed by atoms with E-state index in [1.807, 2.05) is 12.1 Å². The Morgan fingerprint density at radius 2 is 1.36 bits per heavy atom. The number of nitrogens with zero attached hydrogens (tertiary/aromatic N) is 2. The lowest BCUT2D eigenvalue weighted by Gasteiger charge is -2.37. The number of Topliss-reactive ketones (excluding diaryl/α,β-unsaturated/α-hetero) is 1. The largest absolute Gasteiger partial charge is 0.394 e. The van der Waals surface area contributed by atoms with Gasteiger partial charge in [0.2, 0.25) is 5.91 Å². The van der Waals surface area contributed by atoms with Crippen molar-refractivity contribution in [2.45, 2.75) is 13.0 Å². The lowest BCUT2D eigenvalue weighted by molar-refractivity contribution is -0.134. The number of hydrogen-bond donors (Lipinski definition) is 2. The van der Waals surface area contributed by atoms with Crippen LogP contribution in [0.2, 0.25) is 0 Å². The molecular weight excluding hydrogens is 498 g/mol. The van der Waals surface area contributed by atoms with Gasteiger partial charge >= 0.3 is 0 Å². The number of fused-ring (bicyclic) bond motifs is 2. The number of amides is 2. The number of rotatable bonds is 6. The number of anilines is 1. The number of carbonyl (C=O) groups is 5. The van der Waals surface area contributed by atoms with Crippen LogP contribution >= 0.6 is 0 Å². The summed E-state index contributed by atoms with van der Waals surface area (Å²) in [5.41, 5.74) is 2.65. The first kappa shape index (κ1) is 26.0. The van der Waals surface area contributed by atoms with Gasteiger partial charge in [0.15, 0.2) is 17.3 Å². The molecular formula is C30H27N3O6. The van der Waals surface area contributed by atoms with Crippen molar-refractivity contribution in [3.05, 3.63) is 100 Å². The summed E-state index contributed by atoms with van der Waals surface area (Å²) in [6, 6.07) is 16.9. The monoisotopic (exact) mass is 525 g/mol. The fourth-order valence-electron chi connectivity index (χ4n) is 4.98. The zero-order chi connectivity index (χ0) is 27.7. The van der Waals surface area contributed by atoms with Crippen LogP contribution in [0.15, 0.2) is 66.7 Å². The van der Waals surface area contributed by atoms with Gasteiger partial charge in [0.25, 0.3) is 5.91 Å². The van der Waals surface area contributed by atoms with Gasteiger partial charge in [0.05, 0.1) is 6.61 Å². The quantitative estimate of drug-likeness (QED) is 0.370.